The van der Waals surface area contributed by atoms with Crippen molar-refractivity contribution >= 4 is 34.5 Å². The van der Waals surface area contributed by atoms with Gasteiger partial charge in [0.15, 0.2) is 0 Å². The molecule has 35 heavy (non-hydrogen) atoms. The van der Waals surface area contributed by atoms with Gasteiger partial charge in [0.2, 0.25) is 0 Å². The SMILES string of the molecule is Cc1ncnc(C)c1C(=O)NCCC(C)N1CCC(N(Cc2ccsc2)c2ccc(Cl)nc2)CC1. The van der Waals surface area contributed by atoms with E-state index in [0.29, 0.717) is 40.7 Å². The monoisotopic (exact) mass is 512 g/mol. The van der Waals surface area contributed by atoms with Gasteiger partial charge in [-0.1, -0.05) is 11.6 Å². The molecule has 7 nitrogen and oxygen atoms in total. The molecule has 1 N–H and O–H groups in total. The van der Waals surface area contributed by atoms with Crippen LogP contribution >= 0.6 is 22.9 Å². The number of aromatic nitrogens is 3. The number of nitrogens with zero attached hydrogens (tertiary/aromatic N) is 5. The summed E-state index contributed by atoms with van der Waals surface area (Å²) >= 11 is 7.77. The van der Waals surface area contributed by atoms with Crippen LogP contribution in [0.2, 0.25) is 5.15 Å². The number of hydrogen-bond acceptors (Lipinski definition) is 7. The van der Waals surface area contributed by atoms with Gasteiger partial charge in [0, 0.05) is 38.3 Å². The van der Waals surface area contributed by atoms with E-state index in [1.165, 1.54) is 11.9 Å². The lowest BCUT2D eigenvalue weighted by Crippen LogP contribution is -2.48. The van der Waals surface area contributed by atoms with Crippen molar-refractivity contribution in [3.63, 3.8) is 0 Å². The normalized spacial score (nSPS) is 15.7. The van der Waals surface area contributed by atoms with E-state index in [-0.39, 0.29) is 5.91 Å². The zero-order valence-electron chi connectivity index (χ0n) is 20.6. The maximum atomic E-state index is 12.6. The van der Waals surface area contributed by atoms with Crippen molar-refractivity contribution < 1.29 is 4.79 Å². The summed E-state index contributed by atoms with van der Waals surface area (Å²) in [6.07, 6.45) is 6.46. The fraction of sp³-hybridized carbons (Fsp3) is 0.462. The van der Waals surface area contributed by atoms with Gasteiger partial charge in [0.25, 0.3) is 5.91 Å². The Labute approximate surface area is 216 Å². The Morgan fingerprint density at radius 1 is 1.20 bits per heavy atom. The fourth-order valence-corrected chi connectivity index (χ4v) is 5.55. The largest absolute Gasteiger partial charge is 0.363 e. The summed E-state index contributed by atoms with van der Waals surface area (Å²) in [6, 6.07) is 6.98. The van der Waals surface area contributed by atoms with Gasteiger partial charge in [-0.15, -0.1) is 0 Å². The predicted octanol–water partition coefficient (Wildman–Crippen LogP) is 4.88. The van der Waals surface area contributed by atoms with Gasteiger partial charge in [-0.2, -0.15) is 11.3 Å². The first-order valence-corrected chi connectivity index (χ1v) is 13.4. The number of amides is 1. The Kier molecular flexibility index (Phi) is 8.70. The number of carbonyl (C=O) groups excluding carboxylic acids is 1. The van der Waals surface area contributed by atoms with Crippen LogP contribution in [0.5, 0.6) is 0 Å². The molecule has 1 aliphatic heterocycles. The molecule has 0 bridgehead atoms. The lowest BCUT2D eigenvalue weighted by atomic mass is 9.99. The van der Waals surface area contributed by atoms with Crippen molar-refractivity contribution in [2.75, 3.05) is 24.5 Å². The van der Waals surface area contributed by atoms with Crippen molar-refractivity contribution in [3.8, 4) is 0 Å². The minimum absolute atomic E-state index is 0.0906. The Bertz CT molecular complexity index is 1080. The highest BCUT2D eigenvalue weighted by Crippen LogP contribution is 2.27. The van der Waals surface area contributed by atoms with Gasteiger partial charge < -0.3 is 15.1 Å². The van der Waals surface area contributed by atoms with Crippen LogP contribution in [0.25, 0.3) is 0 Å². The third-order valence-electron chi connectivity index (χ3n) is 6.84. The van der Waals surface area contributed by atoms with Gasteiger partial charge in [0.1, 0.15) is 11.5 Å². The lowest BCUT2D eigenvalue weighted by molar-refractivity contribution is 0.0943. The third kappa shape index (κ3) is 6.57. The summed E-state index contributed by atoms with van der Waals surface area (Å²) in [5, 5.41) is 7.92. The number of hydrogen-bond donors (Lipinski definition) is 1. The second-order valence-electron chi connectivity index (χ2n) is 9.18. The average Bonchev–Trinajstić information content (AvgIpc) is 3.37. The number of halogens is 1. The first kappa shape index (κ1) is 25.5. The highest BCUT2D eigenvalue weighted by atomic mass is 35.5. The van der Waals surface area contributed by atoms with Crippen molar-refractivity contribution in [3.05, 3.63) is 69.2 Å². The molecule has 0 aliphatic carbocycles. The van der Waals surface area contributed by atoms with E-state index >= 15 is 0 Å². The van der Waals surface area contributed by atoms with Crippen molar-refractivity contribution in [2.24, 2.45) is 0 Å². The molecule has 4 heterocycles. The minimum atomic E-state index is -0.0906. The minimum Gasteiger partial charge on any atom is -0.363 e. The molecular formula is C26H33ClN6OS. The number of aryl methyl sites for hydroxylation is 2. The number of carbonyl (C=O) groups is 1. The number of thiophene rings is 1. The van der Waals surface area contributed by atoms with Crippen LogP contribution in [-0.4, -0.2) is 57.5 Å². The average molecular weight is 513 g/mol. The van der Waals surface area contributed by atoms with Crippen LogP contribution in [-0.2, 0) is 6.54 Å². The van der Waals surface area contributed by atoms with Crippen LogP contribution in [0.1, 0.15) is 53.5 Å². The third-order valence-corrected chi connectivity index (χ3v) is 7.80. The summed E-state index contributed by atoms with van der Waals surface area (Å²) in [6.45, 7) is 9.52. The maximum absolute atomic E-state index is 12.6. The fourth-order valence-electron chi connectivity index (χ4n) is 4.77. The van der Waals surface area contributed by atoms with Crippen molar-refractivity contribution in [1.29, 1.82) is 0 Å². The quantitative estimate of drug-likeness (QED) is 0.412. The molecule has 1 aliphatic rings. The first-order chi connectivity index (χ1) is 16.9. The van der Waals surface area contributed by atoms with Crippen LogP contribution in [0.3, 0.4) is 0 Å². The van der Waals surface area contributed by atoms with E-state index in [0.717, 1.165) is 44.6 Å². The van der Waals surface area contributed by atoms with E-state index in [9.17, 15) is 4.79 Å². The standard InChI is InChI=1S/C26H33ClN6OS/c1-18(6-10-28-26(34)25-19(2)30-17-31-20(25)3)32-11-7-22(8-12-32)33(15-21-9-13-35-16-21)23-4-5-24(27)29-14-23/h4-5,9,13-14,16-18,22H,6-8,10-12,15H2,1-3H3,(H,28,34). The Morgan fingerprint density at radius 2 is 1.94 bits per heavy atom. The summed E-state index contributed by atoms with van der Waals surface area (Å²) < 4.78 is 0. The number of nitrogens with one attached hydrogen (secondary N) is 1. The van der Waals surface area contributed by atoms with Crippen molar-refractivity contribution in [2.45, 2.75) is 58.7 Å². The maximum Gasteiger partial charge on any atom is 0.254 e. The number of pyridine rings is 1. The molecule has 186 valence electrons. The molecule has 1 unspecified atom stereocenters. The second kappa shape index (κ2) is 11.9. The van der Waals surface area contributed by atoms with Gasteiger partial charge in [-0.05, 0) is 74.6 Å². The Hall–Kier alpha value is -2.55. The smallest absolute Gasteiger partial charge is 0.254 e. The van der Waals surface area contributed by atoms with Crippen LogP contribution in [0, 0.1) is 13.8 Å². The summed E-state index contributed by atoms with van der Waals surface area (Å²) in [7, 11) is 0. The molecule has 1 fully saturated rings. The van der Waals surface area contributed by atoms with Gasteiger partial charge in [-0.3, -0.25) is 4.79 Å². The lowest BCUT2D eigenvalue weighted by Gasteiger charge is -2.41. The van der Waals surface area contributed by atoms with E-state index in [1.807, 2.05) is 26.1 Å². The topological polar surface area (TPSA) is 74.2 Å². The molecule has 0 aromatic carbocycles. The summed E-state index contributed by atoms with van der Waals surface area (Å²) in [5.74, 6) is -0.0906. The number of rotatable bonds is 9. The molecule has 1 saturated heterocycles. The molecule has 1 amide bonds. The Balaban J connectivity index is 1.30. The van der Waals surface area contributed by atoms with E-state index in [1.54, 1.807) is 11.3 Å². The van der Waals surface area contributed by atoms with Gasteiger partial charge in [0.05, 0.1) is 28.8 Å². The van der Waals surface area contributed by atoms with Gasteiger partial charge >= 0.3 is 0 Å². The predicted molar refractivity (Wildman–Crippen MR) is 142 cm³/mol. The van der Waals surface area contributed by atoms with Crippen molar-refractivity contribution in [1.82, 2.24) is 25.2 Å². The van der Waals surface area contributed by atoms with E-state index < -0.39 is 0 Å². The van der Waals surface area contributed by atoms with Crippen LogP contribution in [0.15, 0.2) is 41.5 Å². The molecule has 3 aromatic rings. The molecule has 0 radical (unpaired) electrons. The highest BCUT2D eigenvalue weighted by molar-refractivity contribution is 7.07. The van der Waals surface area contributed by atoms with E-state index in [4.69, 9.17) is 11.6 Å². The highest BCUT2D eigenvalue weighted by Gasteiger charge is 2.27. The van der Waals surface area contributed by atoms with Gasteiger partial charge in [-0.25, -0.2) is 15.0 Å². The Morgan fingerprint density at radius 3 is 2.57 bits per heavy atom. The van der Waals surface area contributed by atoms with Crippen LogP contribution in [0.4, 0.5) is 5.69 Å². The molecule has 4 rings (SSSR count). The summed E-state index contributed by atoms with van der Waals surface area (Å²) in [4.78, 5) is 30.3. The zero-order valence-corrected chi connectivity index (χ0v) is 22.1. The zero-order chi connectivity index (χ0) is 24.8. The number of anilines is 1. The molecule has 0 saturated carbocycles. The number of piperidine rings is 1. The molecule has 9 heteroatoms. The molecule has 1 atom stereocenters. The second-order valence-corrected chi connectivity index (χ2v) is 10.3. The summed E-state index contributed by atoms with van der Waals surface area (Å²) in [5.41, 5.74) is 4.46. The molecule has 3 aromatic heterocycles. The first-order valence-electron chi connectivity index (χ1n) is 12.1. The molecule has 0 spiro atoms. The molecular weight excluding hydrogens is 480 g/mol. The van der Waals surface area contributed by atoms with E-state index in [2.05, 4.69) is 59.9 Å². The van der Waals surface area contributed by atoms with Crippen LogP contribution < -0.4 is 10.2 Å². The number of likely N-dealkylation sites (tertiary alicyclic amines) is 1.